The Morgan fingerprint density at radius 2 is 1.93 bits per heavy atom. The van der Waals surface area contributed by atoms with Crippen LogP contribution in [0.3, 0.4) is 0 Å². The zero-order chi connectivity index (χ0) is 19.9. The third-order valence-corrected chi connectivity index (χ3v) is 5.31. The standard InChI is InChI=1S/C21H30ClN5O.HI/c1-23-21(26(3)16-20-12-19(22)15-25(20)2)24-13-17-6-4-5-7-18(17)14-27-8-10-28-11-9-27;/h4-7,12,15H,8-11,13-14,16H2,1-3H3,(H,23,24);1H. The molecule has 160 valence electrons. The van der Waals surface area contributed by atoms with Crippen molar-refractivity contribution in [1.29, 1.82) is 0 Å². The number of guanidine groups is 1. The van der Waals surface area contributed by atoms with Gasteiger partial charge in [0.15, 0.2) is 5.96 Å². The van der Waals surface area contributed by atoms with Gasteiger partial charge in [0.25, 0.3) is 0 Å². The van der Waals surface area contributed by atoms with Crippen LogP contribution < -0.4 is 5.32 Å². The largest absolute Gasteiger partial charge is 0.379 e. The Kier molecular flexibility index (Phi) is 9.74. The lowest BCUT2D eigenvalue weighted by atomic mass is 10.1. The van der Waals surface area contributed by atoms with Crippen LogP contribution in [-0.2, 0) is 31.4 Å². The van der Waals surface area contributed by atoms with Gasteiger partial charge in [-0.1, -0.05) is 35.9 Å². The highest BCUT2D eigenvalue weighted by Gasteiger charge is 2.14. The summed E-state index contributed by atoms with van der Waals surface area (Å²) >= 11 is 6.10. The molecule has 0 saturated carbocycles. The Hall–Kier alpha value is -1.29. The zero-order valence-corrected chi connectivity index (χ0v) is 20.5. The minimum atomic E-state index is 0. The van der Waals surface area contributed by atoms with E-state index in [1.54, 1.807) is 0 Å². The molecule has 1 aliphatic rings. The average Bonchev–Trinajstić information content (AvgIpc) is 3.01. The topological polar surface area (TPSA) is 45.0 Å². The molecular formula is C21H31ClIN5O. The van der Waals surface area contributed by atoms with Gasteiger partial charge in [-0.05, 0) is 17.2 Å². The van der Waals surface area contributed by atoms with Crippen molar-refractivity contribution >= 4 is 41.5 Å². The van der Waals surface area contributed by atoms with E-state index >= 15 is 0 Å². The molecule has 0 radical (unpaired) electrons. The molecule has 1 aromatic carbocycles. The molecule has 0 amide bonds. The highest BCUT2D eigenvalue weighted by Crippen LogP contribution is 2.15. The van der Waals surface area contributed by atoms with Crippen molar-refractivity contribution < 1.29 is 4.74 Å². The van der Waals surface area contributed by atoms with Crippen molar-refractivity contribution in [2.24, 2.45) is 12.0 Å². The van der Waals surface area contributed by atoms with Gasteiger partial charge < -0.3 is 19.5 Å². The van der Waals surface area contributed by atoms with E-state index in [0.717, 1.165) is 62.6 Å². The Morgan fingerprint density at radius 3 is 2.55 bits per heavy atom. The number of rotatable bonds is 6. The molecule has 2 aromatic rings. The van der Waals surface area contributed by atoms with Crippen molar-refractivity contribution in [3.63, 3.8) is 0 Å². The number of ether oxygens (including phenoxy) is 1. The van der Waals surface area contributed by atoms with Crippen LogP contribution in [-0.4, -0.2) is 60.7 Å². The predicted molar refractivity (Wildman–Crippen MR) is 130 cm³/mol. The minimum Gasteiger partial charge on any atom is -0.379 e. The van der Waals surface area contributed by atoms with E-state index in [1.165, 1.54) is 11.1 Å². The molecule has 1 N–H and O–H groups in total. The molecule has 1 fully saturated rings. The maximum Gasteiger partial charge on any atom is 0.194 e. The number of aryl methyl sites for hydroxylation is 1. The normalized spacial score (nSPS) is 15.1. The number of aromatic nitrogens is 1. The van der Waals surface area contributed by atoms with Gasteiger partial charge in [0, 0.05) is 59.2 Å². The monoisotopic (exact) mass is 531 g/mol. The van der Waals surface area contributed by atoms with E-state index in [0.29, 0.717) is 0 Å². The van der Waals surface area contributed by atoms with Gasteiger partial charge in [0.2, 0.25) is 0 Å². The van der Waals surface area contributed by atoms with Crippen molar-refractivity contribution in [2.45, 2.75) is 19.6 Å². The zero-order valence-electron chi connectivity index (χ0n) is 17.4. The summed E-state index contributed by atoms with van der Waals surface area (Å²) in [6.07, 6.45) is 1.92. The molecular weight excluding hydrogens is 501 g/mol. The number of halogens is 2. The maximum absolute atomic E-state index is 6.10. The second kappa shape index (κ2) is 11.8. The van der Waals surface area contributed by atoms with Crippen LogP contribution in [0.1, 0.15) is 16.8 Å². The van der Waals surface area contributed by atoms with Crippen molar-refractivity contribution in [2.75, 3.05) is 40.4 Å². The Balaban J connectivity index is 0.00000300. The van der Waals surface area contributed by atoms with Crippen LogP contribution in [0.4, 0.5) is 0 Å². The first kappa shape index (κ1) is 24.0. The highest BCUT2D eigenvalue weighted by atomic mass is 127. The molecule has 0 spiro atoms. The van der Waals surface area contributed by atoms with Crippen molar-refractivity contribution in [3.8, 4) is 0 Å². The molecule has 1 aliphatic heterocycles. The van der Waals surface area contributed by atoms with E-state index in [-0.39, 0.29) is 24.0 Å². The van der Waals surface area contributed by atoms with Crippen LogP contribution in [0.2, 0.25) is 5.02 Å². The van der Waals surface area contributed by atoms with Gasteiger partial charge >= 0.3 is 0 Å². The van der Waals surface area contributed by atoms with E-state index in [1.807, 2.05) is 38.0 Å². The van der Waals surface area contributed by atoms with Crippen molar-refractivity contribution in [3.05, 3.63) is 58.4 Å². The first-order valence-electron chi connectivity index (χ1n) is 9.66. The molecule has 6 nitrogen and oxygen atoms in total. The third kappa shape index (κ3) is 6.87. The van der Waals surface area contributed by atoms with Gasteiger partial charge in [0.05, 0.1) is 24.8 Å². The number of morpholine rings is 1. The lowest BCUT2D eigenvalue weighted by Crippen LogP contribution is -2.39. The summed E-state index contributed by atoms with van der Waals surface area (Å²) < 4.78 is 7.51. The molecule has 2 heterocycles. The van der Waals surface area contributed by atoms with Crippen molar-refractivity contribution in [1.82, 2.24) is 19.7 Å². The second-order valence-electron chi connectivity index (χ2n) is 7.17. The average molecular weight is 532 g/mol. The van der Waals surface area contributed by atoms with Gasteiger partial charge in [0.1, 0.15) is 0 Å². The Morgan fingerprint density at radius 1 is 1.24 bits per heavy atom. The Labute approximate surface area is 195 Å². The van der Waals surface area contributed by atoms with E-state index < -0.39 is 0 Å². The van der Waals surface area contributed by atoms with Crippen LogP contribution in [0.25, 0.3) is 0 Å². The molecule has 1 saturated heterocycles. The smallest absolute Gasteiger partial charge is 0.194 e. The lowest BCUT2D eigenvalue weighted by Gasteiger charge is -2.28. The highest BCUT2D eigenvalue weighted by molar-refractivity contribution is 14.0. The fourth-order valence-electron chi connectivity index (χ4n) is 3.48. The maximum atomic E-state index is 6.10. The fraction of sp³-hybridized carbons (Fsp3) is 0.476. The number of nitrogens with zero attached hydrogens (tertiary/aromatic N) is 4. The van der Waals surface area contributed by atoms with Crippen LogP contribution in [0.5, 0.6) is 0 Å². The second-order valence-corrected chi connectivity index (χ2v) is 7.61. The van der Waals surface area contributed by atoms with E-state index in [4.69, 9.17) is 16.3 Å². The summed E-state index contributed by atoms with van der Waals surface area (Å²) in [5.41, 5.74) is 3.79. The van der Waals surface area contributed by atoms with Gasteiger partial charge in [-0.3, -0.25) is 9.89 Å². The summed E-state index contributed by atoms with van der Waals surface area (Å²) in [5.74, 6) is 0.860. The summed E-state index contributed by atoms with van der Waals surface area (Å²) in [4.78, 5) is 9.00. The summed E-state index contributed by atoms with van der Waals surface area (Å²) in [6, 6.07) is 10.6. The molecule has 0 bridgehead atoms. The van der Waals surface area contributed by atoms with Crippen LogP contribution >= 0.6 is 35.6 Å². The molecule has 3 rings (SSSR count). The summed E-state index contributed by atoms with van der Waals surface area (Å²) in [5, 5.41) is 4.26. The Bertz CT molecular complexity index is 804. The molecule has 0 unspecified atom stereocenters. The SMILES string of the molecule is CN=C(NCc1ccccc1CN1CCOCC1)N(C)Cc1cc(Cl)cn1C.I. The van der Waals surface area contributed by atoms with Crippen LogP contribution in [0, 0.1) is 0 Å². The minimum absolute atomic E-state index is 0. The van der Waals surface area contributed by atoms with Gasteiger partial charge in [-0.2, -0.15) is 0 Å². The van der Waals surface area contributed by atoms with Gasteiger partial charge in [-0.15, -0.1) is 24.0 Å². The molecule has 1 aromatic heterocycles. The quantitative estimate of drug-likeness (QED) is 0.353. The fourth-order valence-corrected chi connectivity index (χ4v) is 3.76. The number of hydrogen-bond donors (Lipinski definition) is 1. The number of hydrogen-bond acceptors (Lipinski definition) is 3. The first-order valence-corrected chi connectivity index (χ1v) is 10.0. The summed E-state index contributed by atoms with van der Waals surface area (Å²) in [7, 11) is 5.86. The van der Waals surface area contributed by atoms with Crippen LogP contribution in [0.15, 0.2) is 41.5 Å². The first-order chi connectivity index (χ1) is 13.6. The van der Waals surface area contributed by atoms with E-state index in [9.17, 15) is 0 Å². The molecule has 0 atom stereocenters. The molecule has 0 aliphatic carbocycles. The number of benzene rings is 1. The summed E-state index contributed by atoms with van der Waals surface area (Å²) in [6.45, 7) is 6.06. The molecule has 29 heavy (non-hydrogen) atoms. The van der Waals surface area contributed by atoms with E-state index in [2.05, 4.69) is 44.4 Å². The predicted octanol–water partition coefficient (Wildman–Crippen LogP) is 3.34. The number of aliphatic imine (C=N–C) groups is 1. The lowest BCUT2D eigenvalue weighted by molar-refractivity contribution is 0.0341. The molecule has 8 heteroatoms. The van der Waals surface area contributed by atoms with Gasteiger partial charge in [-0.25, -0.2) is 0 Å². The number of nitrogens with one attached hydrogen (secondary N) is 1. The third-order valence-electron chi connectivity index (χ3n) is 5.10.